The molecular formula is C20H33N3O3S. The second kappa shape index (κ2) is 8.47. The van der Waals surface area contributed by atoms with E-state index in [0.29, 0.717) is 30.8 Å². The van der Waals surface area contributed by atoms with Crippen LogP contribution in [0.4, 0.5) is 0 Å². The van der Waals surface area contributed by atoms with Crippen molar-refractivity contribution in [1.82, 2.24) is 13.9 Å². The van der Waals surface area contributed by atoms with E-state index < -0.39 is 10.2 Å². The Bertz CT molecular complexity index is 749. The van der Waals surface area contributed by atoms with Crippen molar-refractivity contribution in [3.8, 4) is 5.75 Å². The van der Waals surface area contributed by atoms with Crippen LogP contribution >= 0.6 is 0 Å². The highest BCUT2D eigenvalue weighted by Crippen LogP contribution is 2.36. The lowest BCUT2D eigenvalue weighted by Gasteiger charge is -2.47. The third-order valence-corrected chi connectivity index (χ3v) is 7.86. The van der Waals surface area contributed by atoms with Crippen LogP contribution in [-0.4, -0.2) is 61.0 Å². The van der Waals surface area contributed by atoms with Gasteiger partial charge in [0.25, 0.3) is 10.2 Å². The summed E-state index contributed by atoms with van der Waals surface area (Å²) in [5, 5.41) is 9.83. The first-order chi connectivity index (χ1) is 12.9. The van der Waals surface area contributed by atoms with Gasteiger partial charge in [-0.1, -0.05) is 26.8 Å². The number of phenols is 1. The summed E-state index contributed by atoms with van der Waals surface area (Å²) < 4.78 is 29.8. The van der Waals surface area contributed by atoms with Gasteiger partial charge in [0.1, 0.15) is 5.75 Å². The number of hydrogen-bond donors (Lipinski definition) is 2. The van der Waals surface area contributed by atoms with Crippen LogP contribution in [0.1, 0.15) is 44.7 Å². The van der Waals surface area contributed by atoms with E-state index in [1.807, 2.05) is 26.0 Å². The molecule has 1 aromatic rings. The number of hydrogen-bond acceptors (Lipinski definition) is 4. The number of benzene rings is 1. The van der Waals surface area contributed by atoms with Gasteiger partial charge in [0, 0.05) is 31.7 Å². The molecule has 0 amide bonds. The summed E-state index contributed by atoms with van der Waals surface area (Å²) >= 11 is 0. The van der Waals surface area contributed by atoms with Crippen molar-refractivity contribution in [2.75, 3.05) is 26.2 Å². The van der Waals surface area contributed by atoms with Gasteiger partial charge in [-0.15, -0.1) is 0 Å². The van der Waals surface area contributed by atoms with E-state index in [1.54, 1.807) is 6.07 Å². The molecule has 1 heterocycles. The SMILES string of the molecule is CCCN1C[C@@H](NS(=O)(=O)N(CC)CC)C[C@@H]2Cc3cc(O)ccc3C[C@H]21. The topological polar surface area (TPSA) is 72.9 Å². The molecule has 0 bridgehead atoms. The van der Waals surface area contributed by atoms with E-state index in [0.717, 1.165) is 38.8 Å². The second-order valence-corrected chi connectivity index (χ2v) is 9.53. The molecule has 0 aromatic heterocycles. The average Bonchev–Trinajstić information content (AvgIpc) is 2.60. The van der Waals surface area contributed by atoms with Crippen molar-refractivity contribution in [2.45, 2.75) is 58.5 Å². The molecular weight excluding hydrogens is 362 g/mol. The first-order valence-electron chi connectivity index (χ1n) is 10.2. The molecule has 3 atom stereocenters. The van der Waals surface area contributed by atoms with E-state index in [9.17, 15) is 13.5 Å². The minimum absolute atomic E-state index is 0.0674. The average molecular weight is 396 g/mol. The van der Waals surface area contributed by atoms with Crippen LogP contribution in [0.25, 0.3) is 0 Å². The molecule has 1 aromatic carbocycles. The summed E-state index contributed by atoms with van der Waals surface area (Å²) in [7, 11) is -3.45. The Morgan fingerprint density at radius 2 is 1.93 bits per heavy atom. The first-order valence-corrected chi connectivity index (χ1v) is 11.6. The fourth-order valence-corrected chi connectivity index (χ4v) is 6.24. The van der Waals surface area contributed by atoms with Crippen LogP contribution in [0, 0.1) is 5.92 Å². The highest BCUT2D eigenvalue weighted by molar-refractivity contribution is 7.87. The number of rotatable bonds is 7. The van der Waals surface area contributed by atoms with Crippen LogP contribution in [0.3, 0.4) is 0 Å². The van der Waals surface area contributed by atoms with Crippen molar-refractivity contribution in [3.05, 3.63) is 29.3 Å². The van der Waals surface area contributed by atoms with Crippen LogP contribution < -0.4 is 4.72 Å². The molecule has 0 saturated carbocycles. The lowest BCUT2D eigenvalue weighted by atomic mass is 9.74. The predicted octanol–water partition coefficient (Wildman–Crippen LogP) is 2.14. The predicted molar refractivity (Wildman–Crippen MR) is 108 cm³/mol. The van der Waals surface area contributed by atoms with Crippen molar-refractivity contribution in [2.24, 2.45) is 5.92 Å². The lowest BCUT2D eigenvalue weighted by Crippen LogP contribution is -2.59. The Morgan fingerprint density at radius 3 is 2.59 bits per heavy atom. The molecule has 1 aliphatic carbocycles. The lowest BCUT2D eigenvalue weighted by molar-refractivity contribution is 0.0683. The number of fused-ring (bicyclic) bond motifs is 2. The van der Waals surface area contributed by atoms with Gasteiger partial charge in [0.2, 0.25) is 0 Å². The van der Waals surface area contributed by atoms with E-state index in [-0.39, 0.29) is 6.04 Å². The standard InChI is InChI=1S/C20H33N3O3S/c1-4-9-22-14-18(21-27(25,26)23(5-2)6-3)11-17-10-16-12-19(24)8-7-15(16)13-20(17)22/h7-8,12,17-18,20-21,24H,4-6,9-11,13-14H2,1-3H3/t17-,18-,20+/m0/s1. The van der Waals surface area contributed by atoms with E-state index >= 15 is 0 Å². The molecule has 0 radical (unpaired) electrons. The molecule has 7 heteroatoms. The van der Waals surface area contributed by atoms with Crippen molar-refractivity contribution < 1.29 is 13.5 Å². The van der Waals surface area contributed by atoms with Gasteiger partial charge in [-0.25, -0.2) is 0 Å². The van der Waals surface area contributed by atoms with Crippen LogP contribution in [0.15, 0.2) is 18.2 Å². The molecule has 1 aliphatic heterocycles. The molecule has 0 spiro atoms. The molecule has 1 fully saturated rings. The molecule has 2 aliphatic rings. The summed E-state index contributed by atoms with van der Waals surface area (Å²) in [6, 6.07) is 6.07. The Morgan fingerprint density at radius 1 is 1.19 bits per heavy atom. The minimum Gasteiger partial charge on any atom is -0.508 e. The molecule has 152 valence electrons. The summed E-state index contributed by atoms with van der Waals surface area (Å²) in [4.78, 5) is 2.47. The van der Waals surface area contributed by atoms with Crippen molar-refractivity contribution >= 4 is 10.2 Å². The van der Waals surface area contributed by atoms with Crippen LogP contribution in [0.5, 0.6) is 5.75 Å². The Kier molecular flexibility index (Phi) is 6.46. The molecule has 3 rings (SSSR count). The second-order valence-electron chi connectivity index (χ2n) is 7.82. The zero-order chi connectivity index (χ0) is 19.6. The molecule has 0 unspecified atom stereocenters. The number of piperidine rings is 1. The normalized spacial score (nSPS) is 26.0. The minimum atomic E-state index is -3.45. The number of likely N-dealkylation sites (tertiary alicyclic amines) is 1. The van der Waals surface area contributed by atoms with Gasteiger partial charge < -0.3 is 5.11 Å². The molecule has 6 nitrogen and oxygen atoms in total. The maximum absolute atomic E-state index is 12.7. The maximum atomic E-state index is 12.7. The van der Waals surface area contributed by atoms with E-state index in [4.69, 9.17) is 0 Å². The summed E-state index contributed by atoms with van der Waals surface area (Å²) in [5.74, 6) is 0.719. The number of nitrogens with zero attached hydrogens (tertiary/aromatic N) is 2. The number of nitrogens with one attached hydrogen (secondary N) is 1. The van der Waals surface area contributed by atoms with Gasteiger partial charge in [0.15, 0.2) is 0 Å². The monoisotopic (exact) mass is 395 g/mol. The summed E-state index contributed by atoms with van der Waals surface area (Å²) in [5.41, 5.74) is 2.53. The van der Waals surface area contributed by atoms with E-state index in [2.05, 4.69) is 16.5 Å². The van der Waals surface area contributed by atoms with Crippen molar-refractivity contribution in [1.29, 1.82) is 0 Å². The third-order valence-electron chi connectivity index (χ3n) is 6.03. The fourth-order valence-electron chi connectivity index (χ4n) is 4.82. The Hall–Kier alpha value is -1.15. The zero-order valence-electron chi connectivity index (χ0n) is 16.7. The molecule has 27 heavy (non-hydrogen) atoms. The highest BCUT2D eigenvalue weighted by Gasteiger charge is 2.40. The summed E-state index contributed by atoms with van der Waals surface area (Å²) in [6.07, 6.45) is 3.79. The highest BCUT2D eigenvalue weighted by atomic mass is 32.2. The third kappa shape index (κ3) is 4.47. The quantitative estimate of drug-likeness (QED) is 0.742. The van der Waals surface area contributed by atoms with Gasteiger partial charge in [-0.2, -0.15) is 17.4 Å². The summed E-state index contributed by atoms with van der Waals surface area (Å²) in [6.45, 7) is 8.63. The number of aromatic hydroxyl groups is 1. The fraction of sp³-hybridized carbons (Fsp3) is 0.700. The zero-order valence-corrected chi connectivity index (χ0v) is 17.5. The smallest absolute Gasteiger partial charge is 0.279 e. The van der Waals surface area contributed by atoms with Gasteiger partial charge in [0.05, 0.1) is 0 Å². The molecule has 1 saturated heterocycles. The van der Waals surface area contributed by atoms with Crippen LogP contribution in [-0.2, 0) is 23.1 Å². The van der Waals surface area contributed by atoms with Gasteiger partial charge in [-0.05, 0) is 61.4 Å². The first kappa shape index (κ1) is 20.6. The van der Waals surface area contributed by atoms with E-state index in [1.165, 1.54) is 15.4 Å². The van der Waals surface area contributed by atoms with Crippen LogP contribution in [0.2, 0.25) is 0 Å². The molecule has 2 N–H and O–H groups in total. The Balaban J connectivity index is 1.80. The van der Waals surface area contributed by atoms with Gasteiger partial charge in [-0.3, -0.25) is 4.90 Å². The largest absolute Gasteiger partial charge is 0.508 e. The maximum Gasteiger partial charge on any atom is 0.279 e. The Labute approximate surface area is 163 Å². The van der Waals surface area contributed by atoms with Gasteiger partial charge >= 0.3 is 0 Å². The van der Waals surface area contributed by atoms with Crippen molar-refractivity contribution in [3.63, 3.8) is 0 Å². The number of phenolic OH excluding ortho intramolecular Hbond substituents is 1.